The van der Waals surface area contributed by atoms with Gasteiger partial charge in [-0.2, -0.15) is 8.78 Å². The van der Waals surface area contributed by atoms with Crippen LogP contribution in [-0.4, -0.2) is 12.6 Å². The van der Waals surface area contributed by atoms with Crippen LogP contribution in [0.25, 0.3) is 0 Å². The summed E-state index contributed by atoms with van der Waals surface area (Å²) in [5.74, 6) is -6.26. The van der Waals surface area contributed by atoms with E-state index in [0.29, 0.717) is 0 Å². The lowest BCUT2D eigenvalue weighted by Crippen LogP contribution is -2.29. The third-order valence-electron chi connectivity index (χ3n) is 2.14. The molecule has 88 valence electrons. The van der Waals surface area contributed by atoms with Gasteiger partial charge in [0.1, 0.15) is 5.82 Å². The summed E-state index contributed by atoms with van der Waals surface area (Å²) in [6, 6.07) is 3.19. The molecule has 5 heteroatoms. The third kappa shape index (κ3) is 2.18. The van der Waals surface area contributed by atoms with E-state index >= 15 is 0 Å². The van der Waals surface area contributed by atoms with Crippen LogP contribution >= 0.6 is 0 Å². The molecule has 0 fully saturated rings. The zero-order valence-corrected chi connectivity index (χ0v) is 8.89. The maximum Gasteiger partial charge on any atom is 0.381 e. The molecule has 0 spiro atoms. The van der Waals surface area contributed by atoms with E-state index < -0.39 is 23.3 Å². The number of hydrogen-bond donors (Lipinski definition) is 0. The van der Waals surface area contributed by atoms with Gasteiger partial charge in [-0.3, -0.25) is 0 Å². The molecule has 0 aliphatic carbocycles. The third-order valence-corrected chi connectivity index (χ3v) is 2.14. The van der Waals surface area contributed by atoms with Gasteiger partial charge in [-0.1, -0.05) is 12.1 Å². The van der Waals surface area contributed by atoms with Crippen LogP contribution < -0.4 is 0 Å². The Labute approximate surface area is 91.0 Å². The monoisotopic (exact) mass is 232 g/mol. The van der Waals surface area contributed by atoms with Crippen molar-refractivity contribution in [3.05, 3.63) is 35.1 Å². The van der Waals surface area contributed by atoms with Gasteiger partial charge in [0.2, 0.25) is 0 Å². The lowest BCUT2D eigenvalue weighted by molar-refractivity contribution is -0.173. The van der Waals surface area contributed by atoms with Crippen molar-refractivity contribution in [3.8, 4) is 0 Å². The number of rotatable bonds is 3. The van der Waals surface area contributed by atoms with Crippen LogP contribution in [0.5, 0.6) is 0 Å². The average Bonchev–Trinajstić information content (AvgIpc) is 2.22. The topological polar surface area (TPSA) is 26.3 Å². The van der Waals surface area contributed by atoms with E-state index in [1.54, 1.807) is 0 Å². The van der Waals surface area contributed by atoms with Crippen LogP contribution in [0.15, 0.2) is 18.2 Å². The summed E-state index contributed by atoms with van der Waals surface area (Å²) in [5.41, 5.74) is -0.911. The minimum Gasteiger partial charge on any atom is -0.461 e. The first-order chi connectivity index (χ1) is 7.41. The molecule has 0 aliphatic rings. The van der Waals surface area contributed by atoms with Crippen LogP contribution in [0.1, 0.15) is 18.1 Å². The van der Waals surface area contributed by atoms with E-state index in [2.05, 4.69) is 4.74 Å². The van der Waals surface area contributed by atoms with E-state index in [0.717, 1.165) is 18.2 Å². The number of benzene rings is 1. The second kappa shape index (κ2) is 4.55. The number of esters is 1. The van der Waals surface area contributed by atoms with Gasteiger partial charge >= 0.3 is 11.9 Å². The summed E-state index contributed by atoms with van der Waals surface area (Å²) in [6.45, 7) is 2.47. The molecule has 0 radical (unpaired) electrons. The predicted octanol–water partition coefficient (Wildman–Crippen LogP) is 2.79. The number of carbonyl (C=O) groups excluding carboxylic acids is 1. The van der Waals surface area contributed by atoms with Gasteiger partial charge in [0.15, 0.2) is 0 Å². The molecular formula is C11H11F3O2. The maximum absolute atomic E-state index is 13.5. The van der Waals surface area contributed by atoms with Crippen LogP contribution in [-0.2, 0) is 15.5 Å². The van der Waals surface area contributed by atoms with E-state index in [4.69, 9.17) is 0 Å². The molecule has 1 aromatic rings. The van der Waals surface area contributed by atoms with Crippen molar-refractivity contribution in [2.24, 2.45) is 0 Å². The summed E-state index contributed by atoms with van der Waals surface area (Å²) < 4.78 is 44.4. The molecule has 0 atom stereocenters. The number of alkyl halides is 2. The Balaban J connectivity index is 3.16. The molecule has 0 unspecified atom stereocenters. The fraction of sp³-hybridized carbons (Fsp3) is 0.364. The molecule has 0 saturated carbocycles. The van der Waals surface area contributed by atoms with Crippen molar-refractivity contribution in [1.29, 1.82) is 0 Å². The Morgan fingerprint density at radius 3 is 2.62 bits per heavy atom. The van der Waals surface area contributed by atoms with Gasteiger partial charge in [-0.05, 0) is 25.5 Å². The summed E-state index contributed by atoms with van der Waals surface area (Å²) in [5, 5.41) is 0. The van der Waals surface area contributed by atoms with Crippen molar-refractivity contribution >= 4 is 5.97 Å². The summed E-state index contributed by atoms with van der Waals surface area (Å²) in [6.07, 6.45) is 0. The SMILES string of the molecule is CCOC(=O)C(F)(F)c1cccc(F)c1C. The average molecular weight is 232 g/mol. The molecule has 0 bridgehead atoms. The standard InChI is InChI=1S/C11H11F3O2/c1-3-16-10(15)11(13,14)8-5-4-6-9(12)7(8)2/h4-6H,3H2,1-2H3. The Kier molecular flexibility index (Phi) is 3.57. The molecule has 0 amide bonds. The molecule has 0 heterocycles. The minimum atomic E-state index is -3.82. The molecule has 0 aliphatic heterocycles. The van der Waals surface area contributed by atoms with Gasteiger partial charge in [-0.25, -0.2) is 9.18 Å². The highest BCUT2D eigenvalue weighted by molar-refractivity contribution is 5.79. The van der Waals surface area contributed by atoms with Gasteiger partial charge in [0, 0.05) is 5.56 Å². The lowest BCUT2D eigenvalue weighted by atomic mass is 10.0. The summed E-state index contributed by atoms with van der Waals surface area (Å²) >= 11 is 0. The zero-order valence-electron chi connectivity index (χ0n) is 8.89. The summed E-state index contributed by atoms with van der Waals surface area (Å²) in [4.78, 5) is 11.0. The number of carbonyl (C=O) groups is 1. The van der Waals surface area contributed by atoms with Crippen molar-refractivity contribution < 1.29 is 22.7 Å². The Morgan fingerprint density at radius 1 is 1.44 bits per heavy atom. The minimum absolute atomic E-state index is 0.150. The number of ether oxygens (including phenoxy) is 1. The largest absolute Gasteiger partial charge is 0.461 e. The molecule has 16 heavy (non-hydrogen) atoms. The Hall–Kier alpha value is -1.52. The molecular weight excluding hydrogens is 221 g/mol. The number of hydrogen-bond acceptors (Lipinski definition) is 2. The zero-order chi connectivity index (χ0) is 12.3. The molecule has 2 nitrogen and oxygen atoms in total. The molecule has 1 rings (SSSR count). The van der Waals surface area contributed by atoms with E-state index in [1.807, 2.05) is 0 Å². The smallest absolute Gasteiger partial charge is 0.381 e. The normalized spacial score (nSPS) is 11.3. The van der Waals surface area contributed by atoms with E-state index in [-0.39, 0.29) is 12.2 Å². The van der Waals surface area contributed by atoms with Crippen LogP contribution in [0.2, 0.25) is 0 Å². The van der Waals surface area contributed by atoms with Crippen molar-refractivity contribution in [2.75, 3.05) is 6.61 Å². The highest BCUT2D eigenvalue weighted by Crippen LogP contribution is 2.32. The van der Waals surface area contributed by atoms with Crippen molar-refractivity contribution in [2.45, 2.75) is 19.8 Å². The quantitative estimate of drug-likeness (QED) is 0.749. The second-order valence-electron chi connectivity index (χ2n) is 3.21. The predicted molar refractivity (Wildman–Crippen MR) is 51.7 cm³/mol. The van der Waals surface area contributed by atoms with Crippen LogP contribution in [0.4, 0.5) is 13.2 Å². The molecule has 1 aromatic carbocycles. The maximum atomic E-state index is 13.5. The first-order valence-electron chi connectivity index (χ1n) is 4.71. The first-order valence-corrected chi connectivity index (χ1v) is 4.71. The molecule has 0 N–H and O–H groups in total. The van der Waals surface area contributed by atoms with Crippen molar-refractivity contribution in [1.82, 2.24) is 0 Å². The Bertz CT molecular complexity index is 402. The second-order valence-corrected chi connectivity index (χ2v) is 3.21. The summed E-state index contributed by atoms with van der Waals surface area (Å²) in [7, 11) is 0. The highest BCUT2D eigenvalue weighted by Gasteiger charge is 2.44. The van der Waals surface area contributed by atoms with Gasteiger partial charge in [-0.15, -0.1) is 0 Å². The van der Waals surface area contributed by atoms with Gasteiger partial charge in [0.25, 0.3) is 0 Å². The van der Waals surface area contributed by atoms with Crippen LogP contribution in [0.3, 0.4) is 0 Å². The molecule has 0 saturated heterocycles. The lowest BCUT2D eigenvalue weighted by Gasteiger charge is -2.17. The highest BCUT2D eigenvalue weighted by atomic mass is 19.3. The fourth-order valence-corrected chi connectivity index (χ4v) is 1.28. The Morgan fingerprint density at radius 2 is 2.06 bits per heavy atom. The van der Waals surface area contributed by atoms with E-state index in [9.17, 15) is 18.0 Å². The van der Waals surface area contributed by atoms with E-state index in [1.165, 1.54) is 13.8 Å². The number of halogens is 3. The van der Waals surface area contributed by atoms with Gasteiger partial charge < -0.3 is 4.74 Å². The first kappa shape index (κ1) is 12.5. The molecule has 0 aromatic heterocycles. The fourth-order valence-electron chi connectivity index (χ4n) is 1.28. The van der Waals surface area contributed by atoms with Crippen LogP contribution in [0, 0.1) is 12.7 Å². The van der Waals surface area contributed by atoms with Crippen molar-refractivity contribution in [3.63, 3.8) is 0 Å². The van der Waals surface area contributed by atoms with Gasteiger partial charge in [0.05, 0.1) is 6.61 Å².